The topological polar surface area (TPSA) is 175 Å². The molecule has 0 radical (unpaired) electrons. The summed E-state index contributed by atoms with van der Waals surface area (Å²) in [5, 5.41) is 31.5. The van der Waals surface area contributed by atoms with Crippen molar-refractivity contribution in [2.24, 2.45) is 0 Å². The normalized spacial score (nSPS) is 18.7. The Morgan fingerprint density at radius 2 is 0.810 bits per heavy atom. The first-order valence-electron chi connectivity index (χ1n) is 30.5. The van der Waals surface area contributed by atoms with Crippen LogP contribution in [-0.2, 0) is 42.9 Å². The molecule has 0 amide bonds. The standard InChI is InChI=1S/C67H106O12/c1-4-7-10-13-16-19-22-25-27-29-30-32-33-36-38-41-44-47-50-53-59(68)75-56-58(77-60(69)54-51-48-45-42-40-37-34-31-28-26-23-20-17-14-11-8-5-2)57-76-67-65(63(72)62(71)64(79-67)66(73)74)78-61(70)55-52-49-46-43-39-35-24-21-18-15-12-9-6-3/h8-9,11-12,16-21,25-28,34-35,37,39,42,45,58,62-65,67,71-72H,4-7,10,13-15,22-24,29-33,36,38,40-41,43-44,46-57H2,1-3H3,(H,73,74)/b11-8-,12-9-,19-16-,20-17-,21-18-,27-25-,28-26-,37-34-,39-35-,45-42-. The highest BCUT2D eigenvalue weighted by Gasteiger charge is 2.50. The first kappa shape index (κ1) is 72.1. The molecule has 0 spiro atoms. The molecule has 0 aromatic heterocycles. The summed E-state index contributed by atoms with van der Waals surface area (Å²) in [5.41, 5.74) is 0. The van der Waals surface area contributed by atoms with Crippen LogP contribution in [0.3, 0.4) is 0 Å². The summed E-state index contributed by atoms with van der Waals surface area (Å²) in [6, 6.07) is 0. The highest BCUT2D eigenvalue weighted by molar-refractivity contribution is 5.74. The summed E-state index contributed by atoms with van der Waals surface area (Å²) in [4.78, 5) is 51.2. The van der Waals surface area contributed by atoms with Gasteiger partial charge in [0, 0.05) is 19.3 Å². The van der Waals surface area contributed by atoms with Crippen molar-refractivity contribution in [1.29, 1.82) is 0 Å². The van der Waals surface area contributed by atoms with Crippen LogP contribution in [0.5, 0.6) is 0 Å². The largest absolute Gasteiger partial charge is 0.479 e. The van der Waals surface area contributed by atoms with Crippen molar-refractivity contribution < 1.29 is 58.2 Å². The van der Waals surface area contributed by atoms with Crippen molar-refractivity contribution in [1.82, 2.24) is 0 Å². The van der Waals surface area contributed by atoms with Gasteiger partial charge in [0.1, 0.15) is 18.8 Å². The molecule has 0 aliphatic carbocycles. The second-order valence-electron chi connectivity index (χ2n) is 20.2. The maximum Gasteiger partial charge on any atom is 0.335 e. The number of aliphatic carboxylic acids is 1. The van der Waals surface area contributed by atoms with Crippen LogP contribution in [0.1, 0.15) is 226 Å². The summed E-state index contributed by atoms with van der Waals surface area (Å²) in [6.45, 7) is 5.67. The number of aliphatic hydroxyl groups excluding tert-OH is 2. The number of carbonyl (C=O) groups is 4. The molecule has 12 nitrogen and oxygen atoms in total. The zero-order chi connectivity index (χ0) is 57.5. The van der Waals surface area contributed by atoms with E-state index in [9.17, 15) is 34.5 Å². The molecule has 1 aliphatic rings. The van der Waals surface area contributed by atoms with E-state index in [2.05, 4.69) is 130 Å². The van der Waals surface area contributed by atoms with Gasteiger partial charge in [-0.15, -0.1) is 0 Å². The number of hydrogen-bond donors (Lipinski definition) is 3. The molecular weight excluding hydrogens is 997 g/mol. The van der Waals surface area contributed by atoms with Crippen molar-refractivity contribution in [3.8, 4) is 0 Å². The second-order valence-corrected chi connectivity index (χ2v) is 20.2. The zero-order valence-corrected chi connectivity index (χ0v) is 49.1. The van der Waals surface area contributed by atoms with Gasteiger partial charge in [-0.3, -0.25) is 14.4 Å². The minimum Gasteiger partial charge on any atom is -0.479 e. The van der Waals surface area contributed by atoms with Gasteiger partial charge in [0.2, 0.25) is 0 Å². The Morgan fingerprint density at radius 1 is 0.430 bits per heavy atom. The molecule has 12 heteroatoms. The van der Waals surface area contributed by atoms with E-state index in [0.717, 1.165) is 103 Å². The number of aliphatic hydroxyl groups is 2. The Kier molecular flexibility index (Phi) is 49.1. The van der Waals surface area contributed by atoms with Gasteiger partial charge in [0.25, 0.3) is 0 Å². The number of rotatable bonds is 50. The lowest BCUT2D eigenvalue weighted by Gasteiger charge is -2.40. The minimum absolute atomic E-state index is 0.0121. The smallest absolute Gasteiger partial charge is 0.335 e. The van der Waals surface area contributed by atoms with Crippen LogP contribution < -0.4 is 0 Å². The number of carboxylic acids is 1. The third-order valence-electron chi connectivity index (χ3n) is 13.0. The lowest BCUT2D eigenvalue weighted by molar-refractivity contribution is -0.301. The Labute approximate surface area is 478 Å². The lowest BCUT2D eigenvalue weighted by Crippen LogP contribution is -2.61. The molecule has 0 saturated carbocycles. The molecule has 1 rings (SSSR count). The SMILES string of the molecule is CC/C=C\C/C=C\C/C=C\C/C=C\C/C=C\CCCC(=O)OC(COC(=O)CCCCCCCCCCC/C=C\C/C=C\CCCCC)COC1OC(C(=O)O)C(O)C(O)C1OC(=O)CCCCC/C=C\C/C=C\C/C=C\CC. The molecule has 0 bridgehead atoms. The van der Waals surface area contributed by atoms with Gasteiger partial charge in [-0.2, -0.15) is 0 Å². The zero-order valence-electron chi connectivity index (χ0n) is 49.1. The van der Waals surface area contributed by atoms with Gasteiger partial charge in [-0.25, -0.2) is 4.79 Å². The predicted molar refractivity (Wildman–Crippen MR) is 321 cm³/mol. The predicted octanol–water partition coefficient (Wildman–Crippen LogP) is 16.0. The number of allylic oxidation sites excluding steroid dienone is 20. The first-order chi connectivity index (χ1) is 38.6. The first-order valence-corrected chi connectivity index (χ1v) is 30.5. The molecule has 0 aromatic rings. The molecule has 6 atom stereocenters. The highest BCUT2D eigenvalue weighted by Crippen LogP contribution is 2.26. The molecule has 3 N–H and O–H groups in total. The molecule has 1 aliphatic heterocycles. The van der Waals surface area contributed by atoms with Gasteiger partial charge in [0.15, 0.2) is 24.6 Å². The third kappa shape index (κ3) is 43.6. The van der Waals surface area contributed by atoms with E-state index in [-0.39, 0.29) is 25.9 Å². The minimum atomic E-state index is -1.93. The van der Waals surface area contributed by atoms with Crippen LogP contribution in [0.15, 0.2) is 122 Å². The average molecular weight is 1100 g/mol. The number of carbonyl (C=O) groups excluding carboxylic acids is 3. The lowest BCUT2D eigenvalue weighted by atomic mass is 9.98. The monoisotopic (exact) mass is 1100 g/mol. The summed E-state index contributed by atoms with van der Waals surface area (Å²) in [6.07, 6.45) is 61.8. The number of hydrogen-bond acceptors (Lipinski definition) is 11. The van der Waals surface area contributed by atoms with E-state index in [0.29, 0.717) is 25.7 Å². The van der Waals surface area contributed by atoms with Crippen molar-refractivity contribution in [3.05, 3.63) is 122 Å². The number of esters is 3. The van der Waals surface area contributed by atoms with Crippen LogP contribution >= 0.6 is 0 Å². The Hall–Kier alpha value is -4.88. The second kappa shape index (κ2) is 53.7. The third-order valence-corrected chi connectivity index (χ3v) is 13.0. The van der Waals surface area contributed by atoms with Crippen molar-refractivity contribution >= 4 is 23.9 Å². The Bertz CT molecular complexity index is 1840. The fraction of sp³-hybridized carbons (Fsp3) is 0.642. The van der Waals surface area contributed by atoms with Crippen LogP contribution in [0, 0.1) is 0 Å². The van der Waals surface area contributed by atoms with E-state index in [1.54, 1.807) is 0 Å². The van der Waals surface area contributed by atoms with E-state index in [4.69, 9.17) is 23.7 Å². The number of unbranched alkanes of at least 4 members (excludes halogenated alkanes) is 16. The van der Waals surface area contributed by atoms with E-state index in [1.807, 2.05) is 12.2 Å². The van der Waals surface area contributed by atoms with E-state index < -0.39 is 67.3 Å². The van der Waals surface area contributed by atoms with Gasteiger partial charge < -0.3 is 39.0 Å². The quantitative estimate of drug-likeness (QED) is 0.0228. The Morgan fingerprint density at radius 3 is 1.27 bits per heavy atom. The van der Waals surface area contributed by atoms with E-state index in [1.165, 1.54) is 57.8 Å². The van der Waals surface area contributed by atoms with Crippen LogP contribution in [0.2, 0.25) is 0 Å². The van der Waals surface area contributed by atoms with Gasteiger partial charge in [-0.05, 0) is 122 Å². The summed E-state index contributed by atoms with van der Waals surface area (Å²) in [7, 11) is 0. The molecule has 1 saturated heterocycles. The number of carboxylic acid groups (broad SMARTS) is 1. The molecule has 1 fully saturated rings. The van der Waals surface area contributed by atoms with Crippen LogP contribution in [-0.4, -0.2) is 89.2 Å². The van der Waals surface area contributed by atoms with Crippen molar-refractivity contribution in [2.75, 3.05) is 13.2 Å². The van der Waals surface area contributed by atoms with Crippen molar-refractivity contribution in [2.45, 2.75) is 263 Å². The van der Waals surface area contributed by atoms with E-state index >= 15 is 0 Å². The molecule has 446 valence electrons. The van der Waals surface area contributed by atoms with Crippen LogP contribution in [0.25, 0.3) is 0 Å². The van der Waals surface area contributed by atoms with Gasteiger partial charge >= 0.3 is 23.9 Å². The molecule has 79 heavy (non-hydrogen) atoms. The highest BCUT2D eigenvalue weighted by atomic mass is 16.7. The average Bonchev–Trinajstić information content (AvgIpc) is 3.46. The maximum atomic E-state index is 13.2. The molecular formula is C67H106O12. The Balaban J connectivity index is 2.73. The molecule has 1 heterocycles. The number of ether oxygens (including phenoxy) is 5. The van der Waals surface area contributed by atoms with Gasteiger partial charge in [-0.1, -0.05) is 206 Å². The van der Waals surface area contributed by atoms with Crippen molar-refractivity contribution in [3.63, 3.8) is 0 Å². The van der Waals surface area contributed by atoms with Gasteiger partial charge in [0.05, 0.1) is 6.61 Å². The van der Waals surface area contributed by atoms with Crippen LogP contribution in [0.4, 0.5) is 0 Å². The molecule has 6 unspecified atom stereocenters. The fourth-order valence-electron chi connectivity index (χ4n) is 8.39. The summed E-state index contributed by atoms with van der Waals surface area (Å²) >= 11 is 0. The molecule has 0 aromatic carbocycles. The fourth-order valence-corrected chi connectivity index (χ4v) is 8.39. The summed E-state index contributed by atoms with van der Waals surface area (Å²) in [5.74, 6) is -3.26. The maximum absolute atomic E-state index is 13.2. The summed E-state index contributed by atoms with van der Waals surface area (Å²) < 4.78 is 28.4.